The van der Waals surface area contributed by atoms with Gasteiger partial charge in [-0.15, -0.1) is 0 Å². The Morgan fingerprint density at radius 2 is 1.14 bits per heavy atom. The van der Waals surface area contributed by atoms with Crippen LogP contribution in [0.25, 0.3) is 67.5 Å². The topological polar surface area (TPSA) is 35.6 Å². The standard InChI is InChI=1S/C33H24N4/c1-3-11-27-23(4-2)24-12-5-8-15-28(24)36(27)31-20-18-22-19-21-32(35-33(22)34-31)37-29-16-9-6-13-25(29)26-14-7-10-17-30(26)37/h3-21H,2H2,1H3/b11-3-. The van der Waals surface area contributed by atoms with Gasteiger partial charge in [0.25, 0.3) is 0 Å². The number of hydrogen-bond acceptors (Lipinski definition) is 2. The van der Waals surface area contributed by atoms with Gasteiger partial charge in [0.1, 0.15) is 11.6 Å². The summed E-state index contributed by atoms with van der Waals surface area (Å²) >= 11 is 0. The Hall–Kier alpha value is -4.96. The van der Waals surface area contributed by atoms with Gasteiger partial charge in [-0.25, -0.2) is 9.97 Å². The predicted octanol–water partition coefficient (Wildman–Crippen LogP) is 8.35. The molecule has 4 heterocycles. The van der Waals surface area contributed by atoms with E-state index >= 15 is 0 Å². The van der Waals surface area contributed by atoms with E-state index in [1.807, 2.05) is 13.0 Å². The SMILES string of the molecule is C=Cc1c(/C=C\C)n(-c2ccc3ccc(-n4c5ccccc5c5ccccc54)nc3n2)c2ccccc12. The molecule has 176 valence electrons. The molecule has 37 heavy (non-hydrogen) atoms. The van der Waals surface area contributed by atoms with Crippen LogP contribution in [0.2, 0.25) is 0 Å². The van der Waals surface area contributed by atoms with Crippen LogP contribution in [0, 0.1) is 0 Å². The third-order valence-electron chi connectivity index (χ3n) is 7.04. The molecular formula is C33H24N4. The Labute approximate surface area is 214 Å². The molecule has 0 saturated heterocycles. The molecule has 0 aliphatic carbocycles. The van der Waals surface area contributed by atoms with Gasteiger partial charge in [0.05, 0.1) is 22.2 Å². The first-order chi connectivity index (χ1) is 18.3. The summed E-state index contributed by atoms with van der Waals surface area (Å²) < 4.78 is 4.42. The third kappa shape index (κ3) is 3.16. The summed E-state index contributed by atoms with van der Waals surface area (Å²) in [4.78, 5) is 10.2. The van der Waals surface area contributed by atoms with Gasteiger partial charge in [-0.3, -0.25) is 9.13 Å². The predicted molar refractivity (Wildman–Crippen MR) is 156 cm³/mol. The van der Waals surface area contributed by atoms with Crippen molar-refractivity contribution in [2.45, 2.75) is 6.92 Å². The lowest BCUT2D eigenvalue weighted by Crippen LogP contribution is -2.03. The van der Waals surface area contributed by atoms with Crippen molar-refractivity contribution in [2.24, 2.45) is 0 Å². The Bertz CT molecular complexity index is 1970. The van der Waals surface area contributed by atoms with Crippen molar-refractivity contribution in [3.8, 4) is 11.6 Å². The van der Waals surface area contributed by atoms with Crippen LogP contribution in [0.3, 0.4) is 0 Å². The Balaban J connectivity index is 1.49. The van der Waals surface area contributed by atoms with Crippen LogP contribution in [0.15, 0.2) is 110 Å². The summed E-state index contributed by atoms with van der Waals surface area (Å²) in [7, 11) is 0. The number of hydrogen-bond donors (Lipinski definition) is 0. The van der Waals surface area contributed by atoms with E-state index in [1.165, 1.54) is 10.8 Å². The molecule has 0 spiro atoms. The van der Waals surface area contributed by atoms with Crippen molar-refractivity contribution in [3.63, 3.8) is 0 Å². The molecule has 0 unspecified atom stereocenters. The highest BCUT2D eigenvalue weighted by Crippen LogP contribution is 2.33. The van der Waals surface area contributed by atoms with Crippen LogP contribution in [0.5, 0.6) is 0 Å². The summed E-state index contributed by atoms with van der Waals surface area (Å²) in [5, 5.41) is 4.59. The second-order valence-electron chi connectivity index (χ2n) is 9.11. The lowest BCUT2D eigenvalue weighted by molar-refractivity contribution is 1.03. The average molecular weight is 477 g/mol. The van der Waals surface area contributed by atoms with E-state index in [2.05, 4.69) is 125 Å². The van der Waals surface area contributed by atoms with Crippen molar-refractivity contribution in [1.29, 1.82) is 0 Å². The molecule has 0 radical (unpaired) electrons. The van der Waals surface area contributed by atoms with Crippen molar-refractivity contribution in [2.75, 3.05) is 0 Å². The lowest BCUT2D eigenvalue weighted by Gasteiger charge is -2.11. The van der Waals surface area contributed by atoms with Gasteiger partial charge in [-0.2, -0.15) is 0 Å². The van der Waals surface area contributed by atoms with Gasteiger partial charge < -0.3 is 0 Å². The van der Waals surface area contributed by atoms with Gasteiger partial charge in [0.15, 0.2) is 5.65 Å². The molecule has 0 atom stereocenters. The highest BCUT2D eigenvalue weighted by atomic mass is 15.1. The smallest absolute Gasteiger partial charge is 0.163 e. The maximum Gasteiger partial charge on any atom is 0.163 e. The van der Waals surface area contributed by atoms with E-state index < -0.39 is 0 Å². The van der Waals surface area contributed by atoms with Crippen molar-refractivity contribution >= 4 is 55.9 Å². The van der Waals surface area contributed by atoms with Gasteiger partial charge >= 0.3 is 0 Å². The van der Waals surface area contributed by atoms with E-state index in [4.69, 9.17) is 9.97 Å². The largest absolute Gasteiger partial charge is 0.294 e. The molecule has 7 aromatic rings. The molecule has 0 aliphatic heterocycles. The maximum absolute atomic E-state index is 5.09. The summed E-state index contributed by atoms with van der Waals surface area (Å²) in [5.41, 5.74) is 6.23. The molecule has 0 N–H and O–H groups in total. The van der Waals surface area contributed by atoms with Gasteiger partial charge in [0, 0.05) is 27.1 Å². The second-order valence-corrected chi connectivity index (χ2v) is 9.11. The van der Waals surface area contributed by atoms with Crippen molar-refractivity contribution in [3.05, 3.63) is 121 Å². The Morgan fingerprint density at radius 1 is 0.622 bits per heavy atom. The molecule has 0 saturated carbocycles. The first-order valence-corrected chi connectivity index (χ1v) is 12.4. The minimum Gasteiger partial charge on any atom is -0.294 e. The molecule has 4 aromatic heterocycles. The minimum atomic E-state index is 0.709. The lowest BCUT2D eigenvalue weighted by atomic mass is 10.1. The second kappa shape index (κ2) is 8.32. The van der Waals surface area contributed by atoms with Crippen LogP contribution < -0.4 is 0 Å². The van der Waals surface area contributed by atoms with Crippen LogP contribution >= 0.6 is 0 Å². The number of nitrogens with zero attached hydrogens (tertiary/aromatic N) is 4. The molecule has 7 rings (SSSR count). The fourth-order valence-electron chi connectivity index (χ4n) is 5.47. The van der Waals surface area contributed by atoms with E-state index in [1.54, 1.807) is 0 Å². The average Bonchev–Trinajstić information content (AvgIpc) is 3.45. The van der Waals surface area contributed by atoms with Crippen molar-refractivity contribution in [1.82, 2.24) is 19.1 Å². The van der Waals surface area contributed by atoms with E-state index in [0.717, 1.165) is 50.2 Å². The number of allylic oxidation sites excluding steroid dienone is 1. The van der Waals surface area contributed by atoms with Crippen molar-refractivity contribution < 1.29 is 0 Å². The Morgan fingerprint density at radius 3 is 1.70 bits per heavy atom. The normalized spacial score (nSPS) is 11.9. The first-order valence-electron chi connectivity index (χ1n) is 12.4. The van der Waals surface area contributed by atoms with Crippen LogP contribution in [0.4, 0.5) is 0 Å². The summed E-state index contributed by atoms with van der Waals surface area (Å²) in [6, 6.07) is 33.7. The number of para-hydroxylation sites is 3. The van der Waals surface area contributed by atoms with Gasteiger partial charge in [-0.1, -0.05) is 73.3 Å². The van der Waals surface area contributed by atoms with E-state index in [-0.39, 0.29) is 0 Å². The monoisotopic (exact) mass is 476 g/mol. The highest BCUT2D eigenvalue weighted by molar-refractivity contribution is 6.09. The van der Waals surface area contributed by atoms with Gasteiger partial charge in [-0.05, 0) is 55.5 Å². The fraction of sp³-hybridized carbons (Fsp3) is 0.0303. The number of fused-ring (bicyclic) bond motifs is 5. The zero-order chi connectivity index (χ0) is 24.9. The maximum atomic E-state index is 5.09. The van der Waals surface area contributed by atoms with E-state index in [9.17, 15) is 0 Å². The molecule has 0 bridgehead atoms. The molecule has 3 aromatic carbocycles. The minimum absolute atomic E-state index is 0.709. The zero-order valence-electron chi connectivity index (χ0n) is 20.5. The summed E-state index contributed by atoms with van der Waals surface area (Å²) in [6.45, 7) is 6.12. The molecule has 0 fully saturated rings. The van der Waals surface area contributed by atoms with Crippen LogP contribution in [-0.2, 0) is 0 Å². The number of aromatic nitrogens is 4. The van der Waals surface area contributed by atoms with E-state index in [0.29, 0.717) is 5.65 Å². The van der Waals surface area contributed by atoms with Crippen LogP contribution in [-0.4, -0.2) is 19.1 Å². The molecular weight excluding hydrogens is 452 g/mol. The highest BCUT2D eigenvalue weighted by Gasteiger charge is 2.17. The third-order valence-corrected chi connectivity index (χ3v) is 7.04. The quantitative estimate of drug-likeness (QED) is 0.256. The zero-order valence-corrected chi connectivity index (χ0v) is 20.5. The molecule has 0 aliphatic rings. The number of rotatable bonds is 4. The molecule has 4 heteroatoms. The summed E-state index contributed by atoms with van der Waals surface area (Å²) in [5.74, 6) is 1.68. The number of pyridine rings is 2. The molecule has 4 nitrogen and oxygen atoms in total. The first kappa shape index (κ1) is 21.3. The van der Waals surface area contributed by atoms with Gasteiger partial charge in [0.2, 0.25) is 0 Å². The number of benzene rings is 3. The Kier molecular flexibility index (Phi) is 4.79. The van der Waals surface area contributed by atoms with Crippen LogP contribution in [0.1, 0.15) is 18.2 Å². The fourth-order valence-corrected chi connectivity index (χ4v) is 5.47. The molecule has 0 amide bonds. The summed E-state index contributed by atoms with van der Waals surface area (Å²) in [6.07, 6.45) is 6.09.